The third kappa shape index (κ3) is 3.53. The molecule has 0 aliphatic carbocycles. The van der Waals surface area contributed by atoms with Crippen LogP contribution in [0.1, 0.15) is 24.9 Å². The average molecular weight is 209 g/mol. The van der Waals surface area contributed by atoms with Gasteiger partial charge in [-0.05, 0) is 31.0 Å². The molecule has 0 radical (unpaired) electrons. The summed E-state index contributed by atoms with van der Waals surface area (Å²) in [7, 11) is 3.35. The van der Waals surface area contributed by atoms with Gasteiger partial charge in [0.05, 0.1) is 13.2 Å². The standard InChI is InChI=1S/C12H19NO2/c1-9(14-2)8-12(13)10-4-6-11(15-3)7-5-10/h4-7,9,12H,8,13H2,1-3H3. The fourth-order valence-corrected chi connectivity index (χ4v) is 1.44. The Morgan fingerprint density at radius 3 is 2.27 bits per heavy atom. The van der Waals surface area contributed by atoms with Gasteiger partial charge in [-0.3, -0.25) is 0 Å². The van der Waals surface area contributed by atoms with E-state index in [1.165, 1.54) is 0 Å². The van der Waals surface area contributed by atoms with Crippen molar-refractivity contribution in [2.45, 2.75) is 25.5 Å². The third-order valence-corrected chi connectivity index (χ3v) is 2.53. The van der Waals surface area contributed by atoms with Crippen LogP contribution in [0.5, 0.6) is 5.75 Å². The molecule has 2 N–H and O–H groups in total. The van der Waals surface area contributed by atoms with E-state index in [9.17, 15) is 0 Å². The lowest BCUT2D eigenvalue weighted by Crippen LogP contribution is -2.18. The highest BCUT2D eigenvalue weighted by atomic mass is 16.5. The highest BCUT2D eigenvalue weighted by molar-refractivity contribution is 5.28. The van der Waals surface area contributed by atoms with E-state index in [1.54, 1.807) is 14.2 Å². The Morgan fingerprint density at radius 1 is 1.20 bits per heavy atom. The highest BCUT2D eigenvalue weighted by Gasteiger charge is 2.10. The maximum atomic E-state index is 6.04. The summed E-state index contributed by atoms with van der Waals surface area (Å²) in [6, 6.07) is 7.85. The van der Waals surface area contributed by atoms with Gasteiger partial charge in [-0.2, -0.15) is 0 Å². The van der Waals surface area contributed by atoms with Gasteiger partial charge < -0.3 is 15.2 Å². The van der Waals surface area contributed by atoms with E-state index < -0.39 is 0 Å². The molecule has 84 valence electrons. The minimum absolute atomic E-state index is 0.0193. The van der Waals surface area contributed by atoms with Gasteiger partial charge >= 0.3 is 0 Å². The lowest BCUT2D eigenvalue weighted by molar-refractivity contribution is 0.104. The molecule has 0 aliphatic rings. The smallest absolute Gasteiger partial charge is 0.118 e. The molecule has 15 heavy (non-hydrogen) atoms. The molecular weight excluding hydrogens is 190 g/mol. The second kappa shape index (κ2) is 5.73. The topological polar surface area (TPSA) is 44.5 Å². The maximum absolute atomic E-state index is 6.04. The summed E-state index contributed by atoms with van der Waals surface area (Å²) in [5, 5.41) is 0. The van der Waals surface area contributed by atoms with Crippen molar-refractivity contribution in [3.63, 3.8) is 0 Å². The van der Waals surface area contributed by atoms with Gasteiger partial charge in [-0.25, -0.2) is 0 Å². The predicted octanol–water partition coefficient (Wildman–Crippen LogP) is 2.12. The van der Waals surface area contributed by atoms with Crippen molar-refractivity contribution in [2.24, 2.45) is 5.73 Å². The van der Waals surface area contributed by atoms with E-state index in [-0.39, 0.29) is 12.1 Å². The fourth-order valence-electron chi connectivity index (χ4n) is 1.44. The molecule has 2 unspecified atom stereocenters. The van der Waals surface area contributed by atoms with Crippen LogP contribution in [0, 0.1) is 0 Å². The minimum Gasteiger partial charge on any atom is -0.497 e. The summed E-state index contributed by atoms with van der Waals surface area (Å²) in [4.78, 5) is 0. The predicted molar refractivity (Wildman–Crippen MR) is 61.0 cm³/mol. The molecule has 3 heteroatoms. The molecule has 0 heterocycles. The van der Waals surface area contributed by atoms with Crippen molar-refractivity contribution in [3.8, 4) is 5.75 Å². The molecule has 0 saturated carbocycles. The molecule has 1 aromatic carbocycles. The fraction of sp³-hybridized carbons (Fsp3) is 0.500. The summed E-state index contributed by atoms with van der Waals surface area (Å²) < 4.78 is 10.3. The third-order valence-electron chi connectivity index (χ3n) is 2.53. The van der Waals surface area contributed by atoms with Crippen molar-refractivity contribution in [2.75, 3.05) is 14.2 Å². The summed E-state index contributed by atoms with van der Waals surface area (Å²) in [6.45, 7) is 2.02. The Bertz CT molecular complexity index is 284. The largest absolute Gasteiger partial charge is 0.497 e. The van der Waals surface area contributed by atoms with Crippen LogP contribution in [0.25, 0.3) is 0 Å². The molecule has 2 atom stereocenters. The zero-order valence-corrected chi connectivity index (χ0v) is 9.57. The van der Waals surface area contributed by atoms with E-state index in [1.807, 2.05) is 31.2 Å². The minimum atomic E-state index is 0.0193. The lowest BCUT2D eigenvalue weighted by Gasteiger charge is -2.16. The monoisotopic (exact) mass is 209 g/mol. The molecule has 3 nitrogen and oxygen atoms in total. The highest BCUT2D eigenvalue weighted by Crippen LogP contribution is 2.19. The quantitative estimate of drug-likeness (QED) is 0.807. The number of nitrogens with two attached hydrogens (primary N) is 1. The second-order valence-electron chi connectivity index (χ2n) is 3.66. The van der Waals surface area contributed by atoms with E-state index in [0.717, 1.165) is 17.7 Å². The van der Waals surface area contributed by atoms with Crippen LogP contribution >= 0.6 is 0 Å². The summed E-state index contributed by atoms with van der Waals surface area (Å²) in [6.07, 6.45) is 1.00. The number of ether oxygens (including phenoxy) is 2. The molecule has 0 amide bonds. The molecule has 0 aromatic heterocycles. The summed E-state index contributed by atoms with van der Waals surface area (Å²) in [5.41, 5.74) is 7.15. The normalized spacial score (nSPS) is 14.7. The molecule has 0 saturated heterocycles. The van der Waals surface area contributed by atoms with Crippen LogP contribution in [-0.2, 0) is 4.74 Å². The number of hydrogen-bond donors (Lipinski definition) is 1. The molecule has 0 bridgehead atoms. The number of methoxy groups -OCH3 is 2. The van der Waals surface area contributed by atoms with Crippen molar-refractivity contribution in [3.05, 3.63) is 29.8 Å². The van der Waals surface area contributed by atoms with Crippen molar-refractivity contribution in [1.29, 1.82) is 0 Å². The SMILES string of the molecule is COc1ccc(C(N)CC(C)OC)cc1. The molecular formula is C12H19NO2. The first-order chi connectivity index (χ1) is 7.17. The van der Waals surface area contributed by atoms with Crippen LogP contribution in [0.3, 0.4) is 0 Å². The Morgan fingerprint density at radius 2 is 1.80 bits per heavy atom. The summed E-state index contributed by atoms with van der Waals surface area (Å²) in [5.74, 6) is 0.853. The molecule has 1 aromatic rings. The average Bonchev–Trinajstić information content (AvgIpc) is 2.29. The van der Waals surface area contributed by atoms with Crippen LogP contribution in [0.2, 0.25) is 0 Å². The van der Waals surface area contributed by atoms with Crippen LogP contribution in [-0.4, -0.2) is 20.3 Å². The Kier molecular flexibility index (Phi) is 4.59. The van der Waals surface area contributed by atoms with Gasteiger partial charge in [-0.15, -0.1) is 0 Å². The van der Waals surface area contributed by atoms with Crippen molar-refractivity contribution < 1.29 is 9.47 Å². The number of rotatable bonds is 5. The first-order valence-corrected chi connectivity index (χ1v) is 5.09. The Hall–Kier alpha value is -1.06. The van der Waals surface area contributed by atoms with E-state index >= 15 is 0 Å². The maximum Gasteiger partial charge on any atom is 0.118 e. The van der Waals surface area contributed by atoms with E-state index in [4.69, 9.17) is 15.2 Å². The van der Waals surface area contributed by atoms with Crippen LogP contribution in [0.15, 0.2) is 24.3 Å². The number of hydrogen-bond acceptors (Lipinski definition) is 3. The molecule has 1 rings (SSSR count). The van der Waals surface area contributed by atoms with E-state index in [0.29, 0.717) is 0 Å². The Labute approximate surface area is 91.2 Å². The van der Waals surface area contributed by atoms with Gasteiger partial charge in [-0.1, -0.05) is 12.1 Å². The van der Waals surface area contributed by atoms with Crippen LogP contribution in [0.4, 0.5) is 0 Å². The Balaban J connectivity index is 2.61. The zero-order chi connectivity index (χ0) is 11.3. The summed E-state index contributed by atoms with van der Waals surface area (Å²) >= 11 is 0. The van der Waals surface area contributed by atoms with Gasteiger partial charge in [0.15, 0.2) is 0 Å². The second-order valence-corrected chi connectivity index (χ2v) is 3.66. The van der Waals surface area contributed by atoms with Crippen molar-refractivity contribution in [1.82, 2.24) is 0 Å². The molecule has 0 fully saturated rings. The van der Waals surface area contributed by atoms with Gasteiger partial charge in [0.1, 0.15) is 5.75 Å². The van der Waals surface area contributed by atoms with Gasteiger partial charge in [0.2, 0.25) is 0 Å². The van der Waals surface area contributed by atoms with E-state index in [2.05, 4.69) is 0 Å². The van der Waals surface area contributed by atoms with Gasteiger partial charge in [0, 0.05) is 13.2 Å². The first kappa shape index (κ1) is 12.0. The molecule has 0 spiro atoms. The zero-order valence-electron chi connectivity index (χ0n) is 9.57. The molecule has 0 aliphatic heterocycles. The lowest BCUT2D eigenvalue weighted by atomic mass is 10.0. The van der Waals surface area contributed by atoms with Gasteiger partial charge in [0.25, 0.3) is 0 Å². The van der Waals surface area contributed by atoms with Crippen molar-refractivity contribution >= 4 is 0 Å². The van der Waals surface area contributed by atoms with Crippen LogP contribution < -0.4 is 10.5 Å². The number of benzene rings is 1. The first-order valence-electron chi connectivity index (χ1n) is 5.09.